The average molecular weight is 278 g/mol. The van der Waals surface area contributed by atoms with E-state index >= 15 is 0 Å². The minimum Gasteiger partial charge on any atom is -0.480 e. The van der Waals surface area contributed by atoms with Gasteiger partial charge in [0.25, 0.3) is 0 Å². The van der Waals surface area contributed by atoms with Crippen LogP contribution < -0.4 is 9.57 Å². The maximum atomic E-state index is 5.53. The van der Waals surface area contributed by atoms with Crippen LogP contribution in [0.3, 0.4) is 0 Å². The van der Waals surface area contributed by atoms with Crippen LogP contribution in [0.25, 0.3) is 32.3 Å². The van der Waals surface area contributed by atoms with Crippen molar-refractivity contribution < 1.29 is 9.57 Å². The van der Waals surface area contributed by atoms with E-state index in [1.54, 1.807) is 19.0 Å². The molecule has 0 radical (unpaired) electrons. The lowest BCUT2D eigenvalue weighted by Gasteiger charge is -2.08. The maximum Gasteiger partial charge on any atom is 0.235 e. The van der Waals surface area contributed by atoms with Crippen LogP contribution in [0.5, 0.6) is 5.88 Å². The summed E-state index contributed by atoms with van der Waals surface area (Å²) in [7, 11) is 3.29. The van der Waals surface area contributed by atoms with Crippen LogP contribution in [0.4, 0.5) is 0 Å². The first kappa shape index (κ1) is 12.0. The highest BCUT2D eigenvalue weighted by Crippen LogP contribution is 2.36. The molecule has 0 fully saturated rings. The summed E-state index contributed by atoms with van der Waals surface area (Å²) in [5, 5.41) is 6.78. The van der Waals surface area contributed by atoms with E-state index in [9.17, 15) is 0 Å². The van der Waals surface area contributed by atoms with E-state index in [4.69, 9.17) is 9.57 Å². The molecule has 104 valence electrons. The monoisotopic (exact) mass is 278 g/mol. The highest BCUT2D eigenvalue weighted by atomic mass is 16.7. The van der Waals surface area contributed by atoms with Gasteiger partial charge in [-0.3, -0.25) is 4.98 Å². The molecule has 0 aliphatic carbocycles. The standard InChI is InChI=1S/C17H14N2O2/c1-20-17-16-12(10-19(17)21-2)4-5-13-14(16)6-3-11-7-8-18-9-15(11)13/h3-10H,1-2H3. The highest BCUT2D eigenvalue weighted by molar-refractivity contribution is 6.18. The first-order valence-electron chi connectivity index (χ1n) is 6.72. The summed E-state index contributed by atoms with van der Waals surface area (Å²) < 4.78 is 7.18. The molecule has 2 heterocycles. The van der Waals surface area contributed by atoms with Crippen LogP contribution in [0.2, 0.25) is 0 Å². The fourth-order valence-corrected chi connectivity index (χ4v) is 2.96. The van der Waals surface area contributed by atoms with Gasteiger partial charge in [0, 0.05) is 23.2 Å². The van der Waals surface area contributed by atoms with Crippen LogP contribution in [-0.4, -0.2) is 23.9 Å². The van der Waals surface area contributed by atoms with Gasteiger partial charge in [-0.1, -0.05) is 24.3 Å². The molecule has 0 N–H and O–H groups in total. The Bertz CT molecular complexity index is 973. The van der Waals surface area contributed by atoms with E-state index in [-0.39, 0.29) is 0 Å². The fraction of sp³-hybridized carbons (Fsp3) is 0.118. The van der Waals surface area contributed by atoms with Crippen molar-refractivity contribution in [1.82, 2.24) is 9.71 Å². The van der Waals surface area contributed by atoms with E-state index in [1.807, 2.05) is 24.7 Å². The lowest BCUT2D eigenvalue weighted by atomic mass is 10.0. The Morgan fingerprint density at radius 2 is 1.71 bits per heavy atom. The first-order valence-corrected chi connectivity index (χ1v) is 6.72. The molecule has 21 heavy (non-hydrogen) atoms. The molecule has 4 aromatic rings. The maximum absolute atomic E-state index is 5.53. The van der Waals surface area contributed by atoms with Crippen molar-refractivity contribution in [3.63, 3.8) is 0 Å². The molecular formula is C17H14N2O2. The van der Waals surface area contributed by atoms with Gasteiger partial charge in [0.05, 0.1) is 18.7 Å². The Kier molecular flexibility index (Phi) is 2.51. The number of hydrogen-bond donors (Lipinski definition) is 0. The molecule has 0 atom stereocenters. The zero-order chi connectivity index (χ0) is 14.4. The van der Waals surface area contributed by atoms with Gasteiger partial charge in [0.2, 0.25) is 5.88 Å². The van der Waals surface area contributed by atoms with Crippen molar-refractivity contribution in [2.24, 2.45) is 0 Å². The van der Waals surface area contributed by atoms with Gasteiger partial charge in [0.15, 0.2) is 0 Å². The largest absolute Gasteiger partial charge is 0.480 e. The van der Waals surface area contributed by atoms with Crippen molar-refractivity contribution in [1.29, 1.82) is 0 Å². The molecule has 0 aliphatic heterocycles. The summed E-state index contributed by atoms with van der Waals surface area (Å²) in [6, 6.07) is 10.5. The van der Waals surface area contributed by atoms with Gasteiger partial charge in [-0.2, -0.15) is 4.73 Å². The quantitative estimate of drug-likeness (QED) is 0.527. The van der Waals surface area contributed by atoms with E-state index in [0.29, 0.717) is 5.88 Å². The Labute approximate surface area is 121 Å². The second-order valence-electron chi connectivity index (χ2n) is 4.93. The van der Waals surface area contributed by atoms with Crippen molar-refractivity contribution in [3.8, 4) is 5.88 Å². The Balaban J connectivity index is 2.23. The molecular weight excluding hydrogens is 264 g/mol. The summed E-state index contributed by atoms with van der Waals surface area (Å²) in [5.41, 5.74) is 0. The number of ether oxygens (including phenoxy) is 1. The lowest BCUT2D eigenvalue weighted by molar-refractivity contribution is 0.141. The lowest BCUT2D eigenvalue weighted by Crippen LogP contribution is -2.05. The van der Waals surface area contributed by atoms with Crippen LogP contribution >= 0.6 is 0 Å². The van der Waals surface area contributed by atoms with Crippen molar-refractivity contribution >= 4 is 32.3 Å². The number of aromatic nitrogens is 2. The summed E-state index contributed by atoms with van der Waals surface area (Å²) in [6.07, 6.45) is 5.65. The normalized spacial score (nSPS) is 11.3. The van der Waals surface area contributed by atoms with Crippen LogP contribution in [0, 0.1) is 0 Å². The fourth-order valence-electron chi connectivity index (χ4n) is 2.96. The van der Waals surface area contributed by atoms with Crippen LogP contribution in [-0.2, 0) is 0 Å². The molecule has 0 amide bonds. The predicted molar refractivity (Wildman–Crippen MR) is 83.8 cm³/mol. The number of rotatable bonds is 2. The molecule has 2 aromatic heterocycles. The molecule has 0 saturated heterocycles. The third kappa shape index (κ3) is 1.59. The number of pyridine rings is 1. The number of hydrogen-bond acceptors (Lipinski definition) is 3. The number of nitrogens with zero attached hydrogens (tertiary/aromatic N) is 2. The molecule has 0 spiro atoms. The third-order valence-electron chi connectivity index (χ3n) is 3.91. The molecule has 4 rings (SSSR count). The molecule has 4 nitrogen and oxygen atoms in total. The molecule has 0 aliphatic rings. The second kappa shape index (κ2) is 4.38. The van der Waals surface area contributed by atoms with E-state index in [2.05, 4.69) is 29.2 Å². The van der Waals surface area contributed by atoms with Crippen LogP contribution in [0.1, 0.15) is 0 Å². The Hall–Kier alpha value is -2.75. The van der Waals surface area contributed by atoms with Gasteiger partial charge < -0.3 is 9.57 Å². The van der Waals surface area contributed by atoms with E-state index < -0.39 is 0 Å². The topological polar surface area (TPSA) is 36.3 Å². The molecule has 0 bridgehead atoms. The van der Waals surface area contributed by atoms with Gasteiger partial charge in [-0.25, -0.2) is 0 Å². The van der Waals surface area contributed by atoms with Crippen LogP contribution in [0.15, 0.2) is 48.9 Å². The van der Waals surface area contributed by atoms with E-state index in [0.717, 1.165) is 21.5 Å². The van der Waals surface area contributed by atoms with Crippen molar-refractivity contribution in [2.45, 2.75) is 0 Å². The second-order valence-corrected chi connectivity index (χ2v) is 4.93. The zero-order valence-electron chi connectivity index (χ0n) is 11.8. The van der Waals surface area contributed by atoms with Gasteiger partial charge >= 0.3 is 0 Å². The Morgan fingerprint density at radius 1 is 0.905 bits per heavy atom. The predicted octanol–water partition coefficient (Wildman–Crippen LogP) is 3.41. The average Bonchev–Trinajstić information content (AvgIpc) is 2.92. The number of benzene rings is 2. The smallest absolute Gasteiger partial charge is 0.235 e. The molecule has 2 aromatic carbocycles. The number of methoxy groups -OCH3 is 1. The minimum atomic E-state index is 0.710. The number of fused-ring (bicyclic) bond motifs is 5. The molecule has 0 saturated carbocycles. The van der Waals surface area contributed by atoms with Gasteiger partial charge in [0.1, 0.15) is 7.11 Å². The third-order valence-corrected chi connectivity index (χ3v) is 3.91. The highest BCUT2D eigenvalue weighted by Gasteiger charge is 2.14. The molecule has 0 unspecified atom stereocenters. The van der Waals surface area contributed by atoms with E-state index in [1.165, 1.54) is 10.8 Å². The van der Waals surface area contributed by atoms with Crippen molar-refractivity contribution in [2.75, 3.05) is 14.2 Å². The zero-order valence-corrected chi connectivity index (χ0v) is 11.8. The van der Waals surface area contributed by atoms with Crippen molar-refractivity contribution in [3.05, 3.63) is 48.9 Å². The SMILES string of the molecule is COc1c2c(ccc3c4cnccc4ccc32)cn1OC. The summed E-state index contributed by atoms with van der Waals surface area (Å²) in [4.78, 5) is 9.58. The Morgan fingerprint density at radius 3 is 2.52 bits per heavy atom. The minimum absolute atomic E-state index is 0.710. The molecule has 4 heteroatoms. The van der Waals surface area contributed by atoms with Gasteiger partial charge in [-0.05, 0) is 22.2 Å². The summed E-state index contributed by atoms with van der Waals surface area (Å²) in [5.74, 6) is 0.710. The summed E-state index contributed by atoms with van der Waals surface area (Å²) in [6.45, 7) is 0. The first-order chi connectivity index (χ1) is 10.3. The summed E-state index contributed by atoms with van der Waals surface area (Å²) >= 11 is 0. The van der Waals surface area contributed by atoms with Gasteiger partial charge in [-0.15, -0.1) is 0 Å².